The smallest absolute Gasteiger partial charge is 0.338 e. The van der Waals surface area contributed by atoms with Crippen molar-refractivity contribution in [1.82, 2.24) is 0 Å². The number of Topliss-reactive ketones (excluding diaryl/α,β-unsaturated/α-hetero) is 1. The van der Waals surface area contributed by atoms with Crippen LogP contribution in [0.15, 0.2) is 42.0 Å². The van der Waals surface area contributed by atoms with Gasteiger partial charge in [0.15, 0.2) is 30.9 Å². The van der Waals surface area contributed by atoms with Crippen LogP contribution < -0.4 is 0 Å². The van der Waals surface area contributed by atoms with E-state index in [0.29, 0.717) is 50.5 Å². The number of methoxy groups -OCH3 is 4. The lowest BCUT2D eigenvalue weighted by atomic mass is 9.42. The number of ether oxygens (including phenoxy) is 13. The van der Waals surface area contributed by atoms with E-state index < -0.39 is 144 Å². The molecule has 7 fully saturated rings. The van der Waals surface area contributed by atoms with Gasteiger partial charge in [0, 0.05) is 60.0 Å². The van der Waals surface area contributed by atoms with E-state index >= 15 is 0 Å². The van der Waals surface area contributed by atoms with Crippen LogP contribution in [-0.2, 0) is 66.4 Å². The lowest BCUT2D eigenvalue weighted by molar-refractivity contribution is -0.347. The molecule has 75 heavy (non-hydrogen) atoms. The third kappa shape index (κ3) is 10.0. The number of ketones is 1. The third-order valence-corrected chi connectivity index (χ3v) is 19.4. The highest BCUT2D eigenvalue weighted by atomic mass is 16.8. The van der Waals surface area contributed by atoms with Gasteiger partial charge in [-0.3, -0.25) is 4.79 Å². The molecule has 4 saturated heterocycles. The van der Waals surface area contributed by atoms with Gasteiger partial charge in [-0.15, -0.1) is 0 Å². The second kappa shape index (κ2) is 22.2. The summed E-state index contributed by atoms with van der Waals surface area (Å²) in [6.07, 6.45) is -4.06. The minimum absolute atomic E-state index is 0.0438. The molecule has 0 bridgehead atoms. The summed E-state index contributed by atoms with van der Waals surface area (Å²) < 4.78 is 81.6. The molecule has 8 aliphatic rings. The maximum atomic E-state index is 13.7. The van der Waals surface area contributed by atoms with Gasteiger partial charge in [0.2, 0.25) is 0 Å². The van der Waals surface area contributed by atoms with E-state index in [0.717, 1.165) is 5.57 Å². The number of aliphatic hydroxyl groups excluding tert-OH is 1. The molecule has 4 N–H and O–H groups in total. The quantitative estimate of drug-likeness (QED) is 0.136. The number of rotatable bonds is 15. The normalized spacial score (nSPS) is 48.9. The number of hydrogen-bond donors (Lipinski definition) is 4. The van der Waals surface area contributed by atoms with E-state index in [1.165, 1.54) is 6.92 Å². The number of hydrogen-bond acceptors (Lipinski definition) is 19. The first-order valence-electron chi connectivity index (χ1n) is 27.2. The van der Waals surface area contributed by atoms with Crippen molar-refractivity contribution in [2.24, 2.45) is 16.7 Å². The summed E-state index contributed by atoms with van der Waals surface area (Å²) in [5.74, 6) is -1.75. The first-order valence-corrected chi connectivity index (χ1v) is 27.2. The number of esters is 1. The van der Waals surface area contributed by atoms with Crippen molar-refractivity contribution in [3.8, 4) is 0 Å². The summed E-state index contributed by atoms with van der Waals surface area (Å²) >= 11 is 0. The molecule has 0 amide bonds. The van der Waals surface area contributed by atoms with E-state index in [1.54, 1.807) is 72.6 Å². The highest BCUT2D eigenvalue weighted by Gasteiger charge is 2.81. The van der Waals surface area contributed by atoms with Gasteiger partial charge >= 0.3 is 5.97 Å². The predicted octanol–water partition coefficient (Wildman–Crippen LogP) is 4.84. The zero-order valence-corrected chi connectivity index (χ0v) is 45.6. The van der Waals surface area contributed by atoms with Crippen molar-refractivity contribution in [2.75, 3.05) is 28.4 Å². The van der Waals surface area contributed by atoms with Gasteiger partial charge in [-0.2, -0.15) is 0 Å². The molecule has 4 aliphatic carbocycles. The molecule has 0 unspecified atom stereocenters. The minimum Gasteiger partial charge on any atom is -0.458 e. The Balaban J connectivity index is 0.810. The average Bonchev–Trinajstić information content (AvgIpc) is 3.68. The maximum Gasteiger partial charge on any atom is 0.338 e. The van der Waals surface area contributed by atoms with Crippen LogP contribution in [0.25, 0.3) is 0 Å². The maximum absolute atomic E-state index is 13.7. The zero-order chi connectivity index (χ0) is 54.0. The zero-order valence-electron chi connectivity index (χ0n) is 45.6. The van der Waals surface area contributed by atoms with Crippen LogP contribution in [0.5, 0.6) is 0 Å². The van der Waals surface area contributed by atoms with Crippen LogP contribution in [0.4, 0.5) is 0 Å². The van der Waals surface area contributed by atoms with Crippen LogP contribution in [-0.4, -0.2) is 188 Å². The summed E-state index contributed by atoms with van der Waals surface area (Å²) in [5, 5.41) is 48.5. The van der Waals surface area contributed by atoms with Crippen LogP contribution in [0, 0.1) is 16.7 Å². The lowest BCUT2D eigenvalue weighted by Gasteiger charge is -2.67. The van der Waals surface area contributed by atoms with Gasteiger partial charge < -0.3 is 82.0 Å². The number of carbonyl (C=O) groups is 2. The number of carbonyl (C=O) groups excluding carboxylic acids is 2. The molecule has 19 nitrogen and oxygen atoms in total. The fourth-order valence-corrected chi connectivity index (χ4v) is 14.9. The van der Waals surface area contributed by atoms with Crippen LogP contribution >= 0.6 is 0 Å². The van der Waals surface area contributed by atoms with Crippen molar-refractivity contribution in [1.29, 1.82) is 0 Å². The summed E-state index contributed by atoms with van der Waals surface area (Å²) in [6.45, 7) is 12.5. The topological polar surface area (TPSA) is 235 Å². The molecule has 3 saturated carbocycles. The third-order valence-electron chi connectivity index (χ3n) is 19.4. The molecule has 1 aromatic rings. The second-order valence-electron chi connectivity index (χ2n) is 23.2. The van der Waals surface area contributed by atoms with E-state index in [1.807, 2.05) is 26.8 Å². The van der Waals surface area contributed by atoms with Crippen molar-refractivity contribution in [3.05, 3.63) is 47.5 Å². The van der Waals surface area contributed by atoms with Crippen molar-refractivity contribution in [2.45, 2.75) is 247 Å². The summed E-state index contributed by atoms with van der Waals surface area (Å²) in [4.78, 5) is 27.1. The average molecular weight is 1060 g/mol. The minimum atomic E-state index is -2.04. The van der Waals surface area contributed by atoms with E-state index in [-0.39, 0.29) is 37.9 Å². The Labute approximate surface area is 441 Å². The fourth-order valence-electron chi connectivity index (χ4n) is 14.9. The Morgan fingerprint density at radius 3 is 1.60 bits per heavy atom. The van der Waals surface area contributed by atoms with Gasteiger partial charge in [0.05, 0.1) is 65.9 Å². The molecule has 1 aromatic carbocycles. The highest BCUT2D eigenvalue weighted by Crippen LogP contribution is 2.71. The van der Waals surface area contributed by atoms with Gasteiger partial charge in [-0.25, -0.2) is 4.79 Å². The largest absolute Gasteiger partial charge is 0.458 e. The van der Waals surface area contributed by atoms with Gasteiger partial charge in [0.25, 0.3) is 0 Å². The Morgan fingerprint density at radius 1 is 0.627 bits per heavy atom. The summed E-state index contributed by atoms with van der Waals surface area (Å²) in [6, 6.07) is 8.53. The molecule has 19 heteroatoms. The summed E-state index contributed by atoms with van der Waals surface area (Å²) in [7, 11) is 6.48. The first kappa shape index (κ1) is 57.2. The number of benzene rings is 1. The SMILES string of the molecule is CO[C@H]1C[C@H](O[C@H]2[C@@H](OC)C[C@H](O[C@H]3[C@@H](OC)C[C@H](O[C@H]4[C@@H](OC)C[C@H](O[C@H]5CC[C@@]6(C)C(=CC[C@]7(O)[C@@H]6C[C@@H](OC(=O)c6ccccc6)[C@@]6(C)[C@]7(O)CC[C@@]6(O)C(C)=O)C5)O[C@@H]4C)O[C@@H]3C)O[C@@H]2C)O[C@H](C)[C@H]1O. The number of aliphatic hydroxyl groups is 4. The Bertz CT molecular complexity index is 2180. The molecule has 0 radical (unpaired) electrons. The van der Waals surface area contributed by atoms with Crippen LogP contribution in [0.1, 0.15) is 129 Å². The fraction of sp³-hybridized carbons (Fsp3) is 0.821. The first-order chi connectivity index (χ1) is 35.6. The van der Waals surface area contributed by atoms with E-state index in [4.69, 9.17) is 61.6 Å². The molecule has 0 spiro atoms. The molecule has 4 aliphatic heterocycles. The Hall–Kier alpha value is -2.54. The lowest BCUT2D eigenvalue weighted by Crippen LogP contribution is -2.78. The molecule has 24 atom stereocenters. The van der Waals surface area contributed by atoms with Crippen LogP contribution in [0.3, 0.4) is 0 Å². The van der Waals surface area contributed by atoms with Crippen molar-refractivity contribution < 1.29 is 91.6 Å². The highest BCUT2D eigenvalue weighted by molar-refractivity contribution is 5.90. The summed E-state index contributed by atoms with van der Waals surface area (Å²) in [5.41, 5.74) is -6.68. The predicted molar refractivity (Wildman–Crippen MR) is 266 cm³/mol. The number of fused-ring (bicyclic) bond motifs is 5. The van der Waals surface area contributed by atoms with Gasteiger partial charge in [0.1, 0.15) is 47.3 Å². The standard InChI is InChI=1S/C56H84O19/c1-29-47(58)37(63-8)24-44(67-29)73-49-31(3)69-46(26-39(49)65-10)75-50-32(4)70-45(27-40(50)66-11)74-48-30(2)68-43(25-38(48)64-9)71-36-18-19-52(6)35(23-36)17-20-55(61)41(52)28-42(72-51(59)34-15-13-12-14-16-34)53(7)54(60,33(5)57)21-22-56(53,55)62/h12-17,29-32,36-50,58,60-62H,18-28H2,1-11H3/t29-,30-,31-,32-,36+,37+,38+,39+,40+,41-,42-,43+,44+,45+,46+,47-,48-,49-,50-,52+,53-,54-,55+,56-/m1/s1. The van der Waals surface area contributed by atoms with Gasteiger partial charge in [-0.05, 0) is 104 Å². The van der Waals surface area contributed by atoms with Gasteiger partial charge in [-0.1, -0.05) is 36.8 Å². The van der Waals surface area contributed by atoms with Crippen molar-refractivity contribution >= 4 is 11.8 Å². The molecular formula is C56H84O19. The Morgan fingerprint density at radius 2 is 1.11 bits per heavy atom. The molecule has 4 heterocycles. The van der Waals surface area contributed by atoms with E-state index in [2.05, 4.69) is 6.92 Å². The Kier molecular flexibility index (Phi) is 16.9. The molecule has 422 valence electrons. The molecule has 0 aromatic heterocycles. The molecular weight excluding hydrogens is 977 g/mol. The second-order valence-corrected chi connectivity index (χ2v) is 23.2. The van der Waals surface area contributed by atoms with Crippen molar-refractivity contribution in [3.63, 3.8) is 0 Å². The van der Waals surface area contributed by atoms with E-state index in [9.17, 15) is 30.0 Å². The van der Waals surface area contributed by atoms with Crippen LogP contribution in [0.2, 0.25) is 0 Å². The monoisotopic (exact) mass is 1060 g/mol. The molecule has 9 rings (SSSR count).